The van der Waals surface area contributed by atoms with Crippen LogP contribution in [0.2, 0.25) is 0 Å². The highest BCUT2D eigenvalue weighted by Gasteiger charge is 2.22. The molecule has 0 bridgehead atoms. The van der Waals surface area contributed by atoms with Crippen molar-refractivity contribution in [2.24, 2.45) is 11.5 Å². The van der Waals surface area contributed by atoms with Crippen molar-refractivity contribution < 1.29 is 19.0 Å². The lowest BCUT2D eigenvalue weighted by molar-refractivity contribution is -0.120. The smallest absolute Gasteiger partial charge is 0.239 e. The minimum absolute atomic E-state index is 0.0264. The fourth-order valence-corrected chi connectivity index (χ4v) is 3.32. The molecule has 7 N–H and O–H groups in total. The fourth-order valence-electron chi connectivity index (χ4n) is 3.32. The first-order valence-corrected chi connectivity index (χ1v) is 13.2. The predicted molar refractivity (Wildman–Crippen MR) is 152 cm³/mol. The van der Waals surface area contributed by atoms with Crippen molar-refractivity contribution in [3.8, 4) is 11.5 Å². The van der Waals surface area contributed by atoms with Crippen LogP contribution in [0.1, 0.15) is 66.0 Å². The Hall–Kier alpha value is -2.88. The molecule has 9 nitrogen and oxygen atoms in total. The summed E-state index contributed by atoms with van der Waals surface area (Å²) in [7, 11) is 0. The van der Waals surface area contributed by atoms with Crippen LogP contribution in [-0.4, -0.2) is 57.3 Å². The molecule has 1 fully saturated rings. The quantitative estimate of drug-likeness (QED) is 0.160. The summed E-state index contributed by atoms with van der Waals surface area (Å²) in [5.41, 5.74) is 12.6. The molecule has 1 aliphatic heterocycles. The lowest BCUT2D eigenvalue weighted by Gasteiger charge is -2.22. The van der Waals surface area contributed by atoms with Gasteiger partial charge in [-0.2, -0.15) is 0 Å². The van der Waals surface area contributed by atoms with E-state index in [0.29, 0.717) is 42.3 Å². The maximum atomic E-state index is 12.2. The van der Waals surface area contributed by atoms with Gasteiger partial charge in [0.1, 0.15) is 11.9 Å². The summed E-state index contributed by atoms with van der Waals surface area (Å²) in [4.78, 5) is 12.2. The van der Waals surface area contributed by atoms with Gasteiger partial charge in [-0.15, -0.1) is 0 Å². The highest BCUT2D eigenvalue weighted by molar-refractivity contribution is 5.93. The largest absolute Gasteiger partial charge is 0.490 e. The van der Waals surface area contributed by atoms with E-state index < -0.39 is 11.9 Å². The third kappa shape index (κ3) is 14.4. The number of carbonyl (C=O) groups excluding carboxylic acids is 1. The van der Waals surface area contributed by atoms with E-state index in [0.717, 1.165) is 26.3 Å². The first kappa shape index (κ1) is 34.1. The molecule has 0 radical (unpaired) electrons. The standard InChI is InChI=1S/C21H32N4O3.C5H11NO.C2H6/c1-5-8-16(11-9-14(4)20(22)23)25-19(21(24)26)15-10-12-17(27-6-2)18(13-15)28-7-3;1-2-6-3-5-7-4-1;1-2/h5,8-10,12-13,16,19,25H,6-7,11H2,1-4H3,(H3,22,23)(H2,24,26);6H,1-5H2;1-2H3/b8-5-,14-9+;;. The SMILES string of the molecule is C/C=C\C(C/C=C(\C)C(=N)N)NC(C(N)=O)c1ccc(OCC)c(OCC)c1.C1CNCCOC1.CC. The Morgan fingerprint density at radius 2 is 1.84 bits per heavy atom. The zero-order chi connectivity index (χ0) is 28.1. The second kappa shape index (κ2) is 21.2. The number of allylic oxidation sites excluding steroid dienone is 1. The van der Waals surface area contributed by atoms with E-state index in [4.69, 9.17) is 31.1 Å². The molecule has 2 unspecified atom stereocenters. The normalized spacial score (nSPS) is 15.2. The van der Waals surface area contributed by atoms with E-state index >= 15 is 0 Å². The van der Waals surface area contributed by atoms with Crippen LogP contribution >= 0.6 is 0 Å². The molecule has 1 heterocycles. The monoisotopic (exact) mass is 519 g/mol. The van der Waals surface area contributed by atoms with Gasteiger partial charge in [-0.1, -0.05) is 38.1 Å². The molecular weight excluding hydrogens is 470 g/mol. The van der Waals surface area contributed by atoms with Crippen LogP contribution in [0.4, 0.5) is 0 Å². The number of nitrogens with one attached hydrogen (secondary N) is 3. The number of ether oxygens (including phenoxy) is 3. The molecule has 0 aliphatic carbocycles. The van der Waals surface area contributed by atoms with Crippen LogP contribution in [0.3, 0.4) is 0 Å². The van der Waals surface area contributed by atoms with Gasteiger partial charge >= 0.3 is 0 Å². The van der Waals surface area contributed by atoms with Gasteiger partial charge < -0.3 is 31.0 Å². The number of carbonyl (C=O) groups is 1. The highest BCUT2D eigenvalue weighted by atomic mass is 16.5. The van der Waals surface area contributed by atoms with Gasteiger partial charge in [0.05, 0.1) is 19.8 Å². The van der Waals surface area contributed by atoms with Crippen molar-refractivity contribution >= 4 is 11.7 Å². The van der Waals surface area contributed by atoms with E-state index in [-0.39, 0.29) is 11.9 Å². The predicted octanol–water partition coefficient (Wildman–Crippen LogP) is 3.84. The minimum Gasteiger partial charge on any atom is -0.490 e. The van der Waals surface area contributed by atoms with Gasteiger partial charge in [0.2, 0.25) is 5.91 Å². The number of hydrogen-bond donors (Lipinski definition) is 5. The molecule has 1 saturated heterocycles. The van der Waals surface area contributed by atoms with Crippen molar-refractivity contribution in [1.29, 1.82) is 5.41 Å². The van der Waals surface area contributed by atoms with E-state index in [1.165, 1.54) is 6.42 Å². The zero-order valence-corrected chi connectivity index (χ0v) is 23.6. The topological polar surface area (TPSA) is 145 Å². The molecule has 1 aromatic carbocycles. The maximum absolute atomic E-state index is 12.2. The number of hydrogen-bond acceptors (Lipinski definition) is 7. The molecule has 210 valence electrons. The molecule has 2 atom stereocenters. The van der Waals surface area contributed by atoms with Gasteiger partial charge in [-0.05, 0) is 70.4 Å². The molecular formula is C28H49N5O4. The molecule has 0 saturated carbocycles. The van der Waals surface area contributed by atoms with E-state index in [2.05, 4.69) is 10.6 Å². The number of amides is 1. The third-order valence-electron chi connectivity index (χ3n) is 5.16. The fraction of sp³-hybridized carbons (Fsp3) is 0.571. The molecule has 1 aromatic rings. The van der Waals surface area contributed by atoms with Crippen LogP contribution in [0.5, 0.6) is 11.5 Å². The number of nitrogens with two attached hydrogens (primary N) is 2. The minimum atomic E-state index is -0.706. The average Bonchev–Trinajstić information content (AvgIpc) is 3.21. The second-order valence-electron chi connectivity index (χ2n) is 7.96. The Bertz CT molecular complexity index is 822. The summed E-state index contributed by atoms with van der Waals surface area (Å²) in [6.07, 6.45) is 7.44. The van der Waals surface area contributed by atoms with Gasteiger partial charge in [0.25, 0.3) is 0 Å². The zero-order valence-electron chi connectivity index (χ0n) is 23.6. The molecule has 1 aliphatic rings. The number of rotatable bonds is 12. The van der Waals surface area contributed by atoms with Crippen LogP contribution < -0.4 is 31.6 Å². The maximum Gasteiger partial charge on any atom is 0.239 e. The lowest BCUT2D eigenvalue weighted by Crippen LogP contribution is -2.39. The Kier molecular flexibility index (Phi) is 19.6. The van der Waals surface area contributed by atoms with Crippen molar-refractivity contribution in [3.63, 3.8) is 0 Å². The third-order valence-corrected chi connectivity index (χ3v) is 5.16. The Balaban J connectivity index is 0.00000121. The van der Waals surface area contributed by atoms with E-state index in [1.807, 2.05) is 52.8 Å². The van der Waals surface area contributed by atoms with Gasteiger partial charge in [-0.3, -0.25) is 15.5 Å². The number of primary amides is 1. The summed E-state index contributed by atoms with van der Waals surface area (Å²) in [6, 6.07) is 4.51. The average molecular weight is 520 g/mol. The van der Waals surface area contributed by atoms with Crippen LogP contribution in [0.25, 0.3) is 0 Å². The summed E-state index contributed by atoms with van der Waals surface area (Å²) < 4.78 is 16.4. The van der Waals surface area contributed by atoms with Gasteiger partial charge in [-0.25, -0.2) is 0 Å². The molecule has 2 rings (SSSR count). The Labute approximate surface area is 223 Å². The highest BCUT2D eigenvalue weighted by Crippen LogP contribution is 2.31. The van der Waals surface area contributed by atoms with Gasteiger partial charge in [0.15, 0.2) is 11.5 Å². The number of benzene rings is 1. The first-order valence-electron chi connectivity index (χ1n) is 13.2. The summed E-state index contributed by atoms with van der Waals surface area (Å²) in [5.74, 6) is 0.734. The summed E-state index contributed by atoms with van der Waals surface area (Å²) in [5, 5.41) is 14.0. The molecule has 9 heteroatoms. The Morgan fingerprint density at radius 1 is 1.16 bits per heavy atom. The van der Waals surface area contributed by atoms with Crippen molar-refractivity contribution in [3.05, 3.63) is 47.6 Å². The Morgan fingerprint density at radius 3 is 2.43 bits per heavy atom. The van der Waals surface area contributed by atoms with Crippen LogP contribution in [0, 0.1) is 5.41 Å². The van der Waals surface area contributed by atoms with E-state index in [9.17, 15) is 4.79 Å². The van der Waals surface area contributed by atoms with Crippen molar-refractivity contribution in [2.45, 2.75) is 66.5 Å². The lowest BCUT2D eigenvalue weighted by atomic mass is 10.0. The first-order chi connectivity index (χ1) is 17.8. The van der Waals surface area contributed by atoms with Crippen molar-refractivity contribution in [2.75, 3.05) is 39.5 Å². The molecule has 37 heavy (non-hydrogen) atoms. The molecule has 0 spiro atoms. The van der Waals surface area contributed by atoms with Crippen LogP contribution in [0.15, 0.2) is 42.0 Å². The van der Waals surface area contributed by atoms with Crippen molar-refractivity contribution in [1.82, 2.24) is 10.6 Å². The molecule has 1 amide bonds. The van der Waals surface area contributed by atoms with Gasteiger partial charge in [0, 0.05) is 19.2 Å². The molecule has 0 aromatic heterocycles. The summed E-state index contributed by atoms with van der Waals surface area (Å²) >= 11 is 0. The summed E-state index contributed by atoms with van der Waals surface area (Å²) in [6.45, 7) is 16.4. The number of amidine groups is 1. The second-order valence-corrected chi connectivity index (χ2v) is 7.96. The van der Waals surface area contributed by atoms with Crippen LogP contribution in [-0.2, 0) is 9.53 Å². The van der Waals surface area contributed by atoms with E-state index in [1.54, 1.807) is 25.1 Å².